The highest BCUT2D eigenvalue weighted by atomic mass is 32.2. The van der Waals surface area contributed by atoms with E-state index < -0.39 is 65.2 Å². The largest absolute Gasteiger partial charge is 0.451 e. The van der Waals surface area contributed by atoms with Crippen LogP contribution in [0.4, 0.5) is 0 Å². The van der Waals surface area contributed by atoms with Crippen LogP contribution in [-0.4, -0.2) is 68.6 Å². The zero-order valence-corrected chi connectivity index (χ0v) is 32.5. The van der Waals surface area contributed by atoms with Crippen LogP contribution >= 0.6 is 11.8 Å². The number of benzene rings is 5. The highest BCUT2D eigenvalue weighted by molar-refractivity contribution is 8.00. The fourth-order valence-electron chi connectivity index (χ4n) is 7.60. The Kier molecular flexibility index (Phi) is 11.5. The highest BCUT2D eigenvalue weighted by Crippen LogP contribution is 2.39. The SMILES string of the molecule is O=C(CCCC(C(=O)OC(c1ccccc1)c1ccccc1)N1C(=O)c2ccccc2C1=O)N[C@@H]1C(=O)N2C(C(=O)OC(c3ccccc3)c3ccccc3)=CCS[C@H]12. The number of thioether (sulfide) groups is 1. The molecule has 1 saturated heterocycles. The van der Waals surface area contributed by atoms with Gasteiger partial charge in [0.25, 0.3) is 17.7 Å². The predicted octanol–water partition coefficient (Wildman–Crippen LogP) is 6.77. The van der Waals surface area contributed by atoms with E-state index in [2.05, 4.69) is 5.32 Å². The van der Waals surface area contributed by atoms with Crippen molar-refractivity contribution in [2.24, 2.45) is 0 Å². The molecule has 3 heterocycles. The van der Waals surface area contributed by atoms with Crippen molar-refractivity contribution in [3.63, 3.8) is 0 Å². The summed E-state index contributed by atoms with van der Waals surface area (Å²) in [5.41, 5.74) is 3.44. The molecule has 0 aliphatic carbocycles. The number of esters is 2. The Labute approximate surface area is 345 Å². The molecule has 59 heavy (non-hydrogen) atoms. The first kappa shape index (κ1) is 39.1. The molecule has 8 rings (SSSR count). The van der Waals surface area contributed by atoms with Crippen LogP contribution in [-0.2, 0) is 28.7 Å². The Morgan fingerprint density at radius 1 is 0.644 bits per heavy atom. The summed E-state index contributed by atoms with van der Waals surface area (Å²) < 4.78 is 12.2. The first-order valence-corrected chi connectivity index (χ1v) is 20.4. The average molecular weight is 806 g/mol. The van der Waals surface area contributed by atoms with Gasteiger partial charge < -0.3 is 14.8 Å². The number of hydrogen-bond donors (Lipinski definition) is 1. The van der Waals surface area contributed by atoms with Crippen molar-refractivity contribution in [3.8, 4) is 0 Å². The van der Waals surface area contributed by atoms with E-state index in [1.54, 1.807) is 18.2 Å². The summed E-state index contributed by atoms with van der Waals surface area (Å²) in [6.07, 6.45) is 0.0285. The molecule has 5 aromatic rings. The van der Waals surface area contributed by atoms with Crippen LogP contribution in [0.25, 0.3) is 0 Å². The molecule has 1 unspecified atom stereocenters. The number of imide groups is 1. The van der Waals surface area contributed by atoms with E-state index in [0.717, 1.165) is 16.0 Å². The molecule has 3 aliphatic heterocycles. The van der Waals surface area contributed by atoms with E-state index in [1.807, 2.05) is 121 Å². The van der Waals surface area contributed by atoms with Crippen LogP contribution < -0.4 is 5.32 Å². The van der Waals surface area contributed by atoms with Crippen LogP contribution in [0.5, 0.6) is 0 Å². The summed E-state index contributed by atoms with van der Waals surface area (Å²) in [6.45, 7) is 0. The maximum Gasteiger partial charge on any atom is 0.355 e. The van der Waals surface area contributed by atoms with Crippen LogP contribution in [0, 0.1) is 0 Å². The number of carbonyl (C=O) groups excluding carboxylic acids is 6. The molecule has 0 saturated carbocycles. The number of nitrogens with zero attached hydrogens (tertiary/aromatic N) is 2. The van der Waals surface area contributed by atoms with Gasteiger partial charge in [0, 0.05) is 12.2 Å². The number of fused-ring (bicyclic) bond motifs is 2. The van der Waals surface area contributed by atoms with Crippen molar-refractivity contribution >= 4 is 47.3 Å². The van der Waals surface area contributed by atoms with E-state index in [1.165, 1.54) is 28.8 Å². The molecule has 4 amide bonds. The number of β-lactam (4-membered cyclic amide) rings is 1. The number of carbonyl (C=O) groups is 6. The van der Waals surface area contributed by atoms with E-state index >= 15 is 0 Å². The van der Waals surface area contributed by atoms with Crippen molar-refractivity contribution in [2.75, 3.05) is 5.75 Å². The molecule has 1 fully saturated rings. The second-order valence-corrected chi connectivity index (χ2v) is 15.4. The summed E-state index contributed by atoms with van der Waals surface area (Å²) in [7, 11) is 0. The third-order valence-corrected chi connectivity index (χ3v) is 11.7. The summed E-state index contributed by atoms with van der Waals surface area (Å²) >= 11 is 1.41. The van der Waals surface area contributed by atoms with Crippen molar-refractivity contribution in [1.29, 1.82) is 0 Å². The maximum atomic E-state index is 14.2. The molecular formula is C47H39N3O8S. The Bertz CT molecular complexity index is 2300. The Hall–Kier alpha value is -6.79. The average Bonchev–Trinajstić information content (AvgIpc) is 3.54. The molecule has 0 bridgehead atoms. The zero-order chi connectivity index (χ0) is 40.9. The third-order valence-electron chi connectivity index (χ3n) is 10.5. The normalized spacial score (nSPS) is 17.5. The van der Waals surface area contributed by atoms with Gasteiger partial charge in [-0.25, -0.2) is 9.59 Å². The van der Waals surface area contributed by atoms with E-state index in [-0.39, 0.29) is 36.1 Å². The molecular weight excluding hydrogens is 767 g/mol. The van der Waals surface area contributed by atoms with E-state index in [4.69, 9.17) is 9.47 Å². The summed E-state index contributed by atoms with van der Waals surface area (Å²) in [6, 6.07) is 41.1. The number of ether oxygens (including phenoxy) is 2. The zero-order valence-electron chi connectivity index (χ0n) is 31.7. The van der Waals surface area contributed by atoms with Gasteiger partial charge >= 0.3 is 11.9 Å². The lowest BCUT2D eigenvalue weighted by molar-refractivity contribution is -0.154. The second-order valence-electron chi connectivity index (χ2n) is 14.2. The quantitative estimate of drug-likeness (QED) is 0.0732. The van der Waals surface area contributed by atoms with Gasteiger partial charge in [0.1, 0.15) is 23.2 Å². The number of nitrogens with one attached hydrogen (secondary N) is 1. The topological polar surface area (TPSA) is 139 Å². The molecule has 3 atom stereocenters. The minimum Gasteiger partial charge on any atom is -0.451 e. The maximum absolute atomic E-state index is 14.2. The minimum atomic E-state index is -1.34. The lowest BCUT2D eigenvalue weighted by Gasteiger charge is -2.48. The Balaban J connectivity index is 0.934. The van der Waals surface area contributed by atoms with Gasteiger partial charge in [-0.1, -0.05) is 133 Å². The summed E-state index contributed by atoms with van der Waals surface area (Å²) in [4.78, 5) is 84.4. The fraction of sp³-hybridized carbons (Fsp3) is 0.191. The Morgan fingerprint density at radius 3 is 1.59 bits per heavy atom. The molecule has 3 aliphatic rings. The van der Waals surface area contributed by atoms with Crippen LogP contribution in [0.2, 0.25) is 0 Å². The first-order chi connectivity index (χ1) is 28.8. The van der Waals surface area contributed by atoms with Crippen LogP contribution in [0.1, 0.15) is 74.4 Å². The van der Waals surface area contributed by atoms with Crippen molar-refractivity contribution in [2.45, 2.75) is 48.9 Å². The lowest BCUT2D eigenvalue weighted by atomic mass is 10.0. The smallest absolute Gasteiger partial charge is 0.355 e. The van der Waals surface area contributed by atoms with Gasteiger partial charge in [-0.2, -0.15) is 0 Å². The number of rotatable bonds is 14. The van der Waals surface area contributed by atoms with Crippen molar-refractivity contribution in [3.05, 3.63) is 191 Å². The van der Waals surface area contributed by atoms with Crippen molar-refractivity contribution in [1.82, 2.24) is 15.1 Å². The highest BCUT2D eigenvalue weighted by Gasteiger charge is 2.53. The van der Waals surface area contributed by atoms with E-state index in [0.29, 0.717) is 16.9 Å². The van der Waals surface area contributed by atoms with Gasteiger partial charge in [0.05, 0.1) is 11.1 Å². The van der Waals surface area contributed by atoms with Crippen molar-refractivity contribution < 1.29 is 38.2 Å². The third kappa shape index (κ3) is 8.04. The molecule has 1 N–H and O–H groups in total. The molecule has 0 spiro atoms. The summed E-state index contributed by atoms with van der Waals surface area (Å²) in [5, 5.41) is 2.27. The van der Waals surface area contributed by atoms with Gasteiger partial charge in [0.2, 0.25) is 5.91 Å². The lowest BCUT2D eigenvalue weighted by Crippen LogP contribution is -2.70. The van der Waals surface area contributed by atoms with E-state index in [9.17, 15) is 28.8 Å². The molecule has 12 heteroatoms. The molecule has 11 nitrogen and oxygen atoms in total. The van der Waals surface area contributed by atoms with Gasteiger partial charge in [-0.15, -0.1) is 11.8 Å². The van der Waals surface area contributed by atoms with Gasteiger partial charge in [-0.05, 0) is 53.3 Å². The van der Waals surface area contributed by atoms with Gasteiger partial charge in [0.15, 0.2) is 12.2 Å². The first-order valence-electron chi connectivity index (χ1n) is 19.3. The molecule has 0 aromatic heterocycles. The van der Waals surface area contributed by atoms with Gasteiger partial charge in [-0.3, -0.25) is 29.0 Å². The standard InChI is InChI=1S/C47H39N3O8S/c51-38(48-39-44(54)50-37(28-29-59-45(39)50)47(56)58-41(32-20-9-3-10-21-32)33-22-11-4-12-23-33)27-15-26-36(49-42(52)34-24-13-14-25-35(34)43(49)53)46(55)57-40(30-16-5-1-6-17-30)31-18-7-2-8-19-31/h1-14,16-25,28,36,39-41,45H,15,26-27,29H2,(H,48,51)/t36?,39-,45-/m1/s1. The minimum absolute atomic E-state index is 0.0698. The number of amides is 4. The fourth-order valence-corrected chi connectivity index (χ4v) is 8.80. The number of hydrogen-bond acceptors (Lipinski definition) is 9. The summed E-state index contributed by atoms with van der Waals surface area (Å²) in [5.74, 6) is -3.18. The predicted molar refractivity (Wildman–Crippen MR) is 219 cm³/mol. The molecule has 0 radical (unpaired) electrons. The second kappa shape index (κ2) is 17.4. The molecule has 296 valence electrons. The van der Waals surface area contributed by atoms with Crippen LogP contribution in [0.15, 0.2) is 157 Å². The molecule has 5 aromatic carbocycles. The Morgan fingerprint density at radius 2 is 1.10 bits per heavy atom. The monoisotopic (exact) mass is 805 g/mol. The van der Waals surface area contributed by atoms with Crippen LogP contribution in [0.3, 0.4) is 0 Å².